The summed E-state index contributed by atoms with van der Waals surface area (Å²) in [5.74, 6) is -5.94. The normalized spacial score (nSPS) is 17.2. The van der Waals surface area contributed by atoms with Crippen molar-refractivity contribution in [2.24, 2.45) is 0 Å². The number of methoxy groups -OCH3 is 1. The molecule has 0 aromatic heterocycles. The van der Waals surface area contributed by atoms with Gasteiger partial charge in [-0.1, -0.05) is 55.1 Å². The Morgan fingerprint density at radius 2 is 1.74 bits per heavy atom. The van der Waals surface area contributed by atoms with E-state index in [2.05, 4.69) is 17.2 Å². The molecule has 9 nitrogen and oxygen atoms in total. The van der Waals surface area contributed by atoms with Crippen LogP contribution in [-0.2, 0) is 22.6 Å². The third-order valence-electron chi connectivity index (χ3n) is 7.41. The summed E-state index contributed by atoms with van der Waals surface area (Å²) in [7, 11) is 1.48. The summed E-state index contributed by atoms with van der Waals surface area (Å²) in [5.41, 5.74) is 0.885. The second-order valence-electron chi connectivity index (χ2n) is 10.3. The fourth-order valence-electron chi connectivity index (χ4n) is 4.94. The number of aliphatic hydroxyl groups is 1. The molecule has 226 valence electrons. The van der Waals surface area contributed by atoms with Crippen molar-refractivity contribution in [3.63, 3.8) is 0 Å². The number of aliphatic hydroxyl groups excluding tert-OH is 1. The van der Waals surface area contributed by atoms with Crippen molar-refractivity contribution >= 4 is 17.7 Å². The predicted molar refractivity (Wildman–Crippen MR) is 155 cm³/mol. The Morgan fingerprint density at radius 1 is 1.07 bits per heavy atom. The minimum Gasteiger partial charge on any atom is -0.508 e. The Balaban J connectivity index is 1.58. The van der Waals surface area contributed by atoms with Gasteiger partial charge in [-0.3, -0.25) is 14.4 Å². The molecule has 3 aromatic carbocycles. The van der Waals surface area contributed by atoms with E-state index in [9.17, 15) is 33.4 Å². The monoisotopic (exact) mass is 593 g/mol. The second-order valence-corrected chi connectivity index (χ2v) is 10.3. The number of benzene rings is 3. The first-order chi connectivity index (χ1) is 20.4. The standard InChI is InChI=1S/C32H33F2N3O6/c1-19-24(13-8-14-26(19)38)29(40)36-25(16-21-9-5-4-6-10-21)28(39)31(42)37-18-32(33,34)20(2)27(37)30(41)35-17-22-11-7-12-23(15-22)43-3/h4-15,25,27-28,38-39H,2,16-18H2,1,3H3,(H,35,41)(H,36,40)/t25-,27-,28-/m0/s1. The van der Waals surface area contributed by atoms with Gasteiger partial charge >= 0.3 is 0 Å². The molecule has 1 heterocycles. The molecular formula is C32H33F2N3O6. The van der Waals surface area contributed by atoms with Gasteiger partial charge in [-0.05, 0) is 48.7 Å². The largest absolute Gasteiger partial charge is 0.508 e. The highest BCUT2D eigenvalue weighted by Crippen LogP contribution is 2.37. The number of phenolic OH excluding ortho intramolecular Hbond substituents is 1. The van der Waals surface area contributed by atoms with E-state index in [1.54, 1.807) is 54.6 Å². The van der Waals surface area contributed by atoms with E-state index < -0.39 is 53.9 Å². The smallest absolute Gasteiger partial charge is 0.288 e. The molecule has 3 atom stereocenters. The zero-order valence-corrected chi connectivity index (χ0v) is 23.7. The average Bonchev–Trinajstić information content (AvgIpc) is 3.24. The first kappa shape index (κ1) is 31.2. The van der Waals surface area contributed by atoms with Gasteiger partial charge in [0.15, 0.2) is 6.10 Å². The molecule has 11 heteroatoms. The number of carbonyl (C=O) groups excluding carboxylic acids is 3. The molecule has 0 spiro atoms. The second kappa shape index (κ2) is 13.0. The first-order valence-electron chi connectivity index (χ1n) is 13.5. The quantitative estimate of drug-likeness (QED) is 0.268. The maximum absolute atomic E-state index is 14.9. The van der Waals surface area contributed by atoms with Gasteiger partial charge in [-0.25, -0.2) is 0 Å². The van der Waals surface area contributed by atoms with E-state index in [4.69, 9.17) is 4.74 Å². The van der Waals surface area contributed by atoms with E-state index in [1.165, 1.54) is 32.2 Å². The molecule has 1 saturated heterocycles. The van der Waals surface area contributed by atoms with Gasteiger partial charge in [0.05, 0.1) is 19.7 Å². The number of nitrogens with zero attached hydrogens (tertiary/aromatic N) is 1. The summed E-state index contributed by atoms with van der Waals surface area (Å²) in [5, 5.41) is 26.5. The van der Waals surface area contributed by atoms with Gasteiger partial charge < -0.3 is 30.5 Å². The lowest BCUT2D eigenvalue weighted by Crippen LogP contribution is -2.56. The van der Waals surface area contributed by atoms with Crippen LogP contribution in [-0.4, -0.2) is 70.6 Å². The summed E-state index contributed by atoms with van der Waals surface area (Å²) in [6.07, 6.45) is -2.04. The first-order valence-corrected chi connectivity index (χ1v) is 13.5. The highest BCUT2D eigenvalue weighted by Gasteiger charge is 2.54. The van der Waals surface area contributed by atoms with Crippen molar-refractivity contribution in [2.75, 3.05) is 13.7 Å². The molecular weight excluding hydrogens is 560 g/mol. The molecule has 4 rings (SSSR count). The highest BCUT2D eigenvalue weighted by molar-refractivity contribution is 5.97. The molecule has 4 N–H and O–H groups in total. The zero-order valence-electron chi connectivity index (χ0n) is 23.7. The molecule has 0 bridgehead atoms. The molecule has 3 aromatic rings. The van der Waals surface area contributed by atoms with E-state index >= 15 is 0 Å². The summed E-state index contributed by atoms with van der Waals surface area (Å²) >= 11 is 0. The minimum atomic E-state index is -3.59. The van der Waals surface area contributed by atoms with Crippen LogP contribution in [0.25, 0.3) is 0 Å². The Hall–Kier alpha value is -4.77. The van der Waals surface area contributed by atoms with Crippen molar-refractivity contribution < 1.29 is 38.1 Å². The van der Waals surface area contributed by atoms with E-state index in [1.807, 2.05) is 0 Å². The van der Waals surface area contributed by atoms with Gasteiger partial charge in [0, 0.05) is 23.2 Å². The van der Waals surface area contributed by atoms with Crippen LogP contribution in [0.5, 0.6) is 11.5 Å². The van der Waals surface area contributed by atoms with Crippen LogP contribution in [0.1, 0.15) is 27.0 Å². The van der Waals surface area contributed by atoms with Crippen molar-refractivity contribution in [1.82, 2.24) is 15.5 Å². The molecule has 1 aliphatic rings. The van der Waals surface area contributed by atoms with E-state index in [0.29, 0.717) is 21.8 Å². The van der Waals surface area contributed by atoms with Crippen LogP contribution >= 0.6 is 0 Å². The average molecular weight is 594 g/mol. The predicted octanol–water partition coefficient (Wildman–Crippen LogP) is 3.13. The number of hydrogen-bond donors (Lipinski definition) is 4. The minimum absolute atomic E-state index is 0.0325. The van der Waals surface area contributed by atoms with Crippen LogP contribution < -0.4 is 15.4 Å². The highest BCUT2D eigenvalue weighted by atomic mass is 19.3. The van der Waals surface area contributed by atoms with Gasteiger partial charge in [-0.15, -0.1) is 0 Å². The zero-order chi connectivity index (χ0) is 31.3. The van der Waals surface area contributed by atoms with E-state index in [-0.39, 0.29) is 29.8 Å². The summed E-state index contributed by atoms with van der Waals surface area (Å²) < 4.78 is 34.9. The maximum Gasteiger partial charge on any atom is 0.288 e. The van der Waals surface area contributed by atoms with Gasteiger partial charge in [-0.2, -0.15) is 8.78 Å². The number of likely N-dealkylation sites (tertiary alicyclic amines) is 1. The lowest BCUT2D eigenvalue weighted by molar-refractivity contribution is -0.146. The molecule has 0 unspecified atom stereocenters. The number of amides is 3. The van der Waals surface area contributed by atoms with Crippen LogP contribution in [0.2, 0.25) is 0 Å². The molecule has 3 amide bonds. The number of aromatic hydroxyl groups is 1. The van der Waals surface area contributed by atoms with Crippen LogP contribution in [0.15, 0.2) is 84.9 Å². The SMILES string of the molecule is C=C1[C@@H](C(=O)NCc2cccc(OC)c2)N(C(=O)[C@@H](O)[C@H](Cc2ccccc2)NC(=O)c2cccc(O)c2C)CC1(F)F. The number of halogens is 2. The Bertz CT molecular complexity index is 1510. The molecule has 1 fully saturated rings. The number of hydrogen-bond acceptors (Lipinski definition) is 6. The van der Waals surface area contributed by atoms with Crippen molar-refractivity contribution in [2.45, 2.75) is 44.0 Å². The summed E-state index contributed by atoms with van der Waals surface area (Å²) in [6.45, 7) is 3.73. The number of phenols is 1. The molecule has 0 saturated carbocycles. The van der Waals surface area contributed by atoms with E-state index in [0.717, 1.165) is 0 Å². The lowest BCUT2D eigenvalue weighted by Gasteiger charge is -2.30. The topological polar surface area (TPSA) is 128 Å². The fraction of sp³-hybridized carbons (Fsp3) is 0.281. The number of ether oxygens (including phenoxy) is 1. The molecule has 0 radical (unpaired) electrons. The van der Waals surface area contributed by atoms with Gasteiger partial charge in [0.25, 0.3) is 17.7 Å². The number of nitrogens with one attached hydrogen (secondary N) is 2. The number of carbonyl (C=O) groups is 3. The van der Waals surface area contributed by atoms with Gasteiger partial charge in [0.1, 0.15) is 17.5 Å². The van der Waals surface area contributed by atoms with Gasteiger partial charge in [0.2, 0.25) is 5.91 Å². The van der Waals surface area contributed by atoms with Crippen molar-refractivity contribution in [3.05, 3.63) is 107 Å². The third kappa shape index (κ3) is 7.00. The van der Waals surface area contributed by atoms with Crippen molar-refractivity contribution in [3.8, 4) is 11.5 Å². The van der Waals surface area contributed by atoms with Crippen LogP contribution in [0.4, 0.5) is 8.78 Å². The molecule has 1 aliphatic heterocycles. The lowest BCUT2D eigenvalue weighted by atomic mass is 9.98. The third-order valence-corrected chi connectivity index (χ3v) is 7.41. The number of alkyl halides is 2. The van der Waals surface area contributed by atoms with Crippen LogP contribution in [0, 0.1) is 6.92 Å². The molecule has 43 heavy (non-hydrogen) atoms. The fourth-order valence-corrected chi connectivity index (χ4v) is 4.94. The summed E-state index contributed by atoms with van der Waals surface area (Å²) in [4.78, 5) is 40.6. The van der Waals surface area contributed by atoms with Crippen LogP contribution in [0.3, 0.4) is 0 Å². The Kier molecular flexibility index (Phi) is 9.45. The summed E-state index contributed by atoms with van der Waals surface area (Å²) in [6, 6.07) is 16.8. The Labute approximate surface area is 247 Å². The Morgan fingerprint density at radius 3 is 2.44 bits per heavy atom. The maximum atomic E-state index is 14.9. The number of rotatable bonds is 10. The van der Waals surface area contributed by atoms with Crippen molar-refractivity contribution in [1.29, 1.82) is 0 Å². The molecule has 0 aliphatic carbocycles.